The number of piperidine rings is 2. The van der Waals surface area contributed by atoms with E-state index < -0.39 is 18.1 Å². The maximum atomic E-state index is 12.9. The number of benzene rings is 3. The molecule has 4 aliphatic rings. The number of ether oxygens (including phenoxy) is 1. The van der Waals surface area contributed by atoms with E-state index in [0.29, 0.717) is 70.0 Å². The van der Waals surface area contributed by atoms with Gasteiger partial charge in [0.15, 0.2) is 5.75 Å². The van der Waals surface area contributed by atoms with Crippen LogP contribution in [0.2, 0.25) is 0 Å². The van der Waals surface area contributed by atoms with Crippen LogP contribution < -0.4 is 16.1 Å². The van der Waals surface area contributed by atoms with Gasteiger partial charge >= 0.3 is 18.0 Å². The number of esters is 1. The van der Waals surface area contributed by atoms with Crippen molar-refractivity contribution < 1.29 is 43.3 Å². The van der Waals surface area contributed by atoms with Crippen molar-refractivity contribution in [3.63, 3.8) is 0 Å². The summed E-state index contributed by atoms with van der Waals surface area (Å²) in [7, 11) is 0. The molecule has 0 unspecified atom stereocenters. The molecular weight excluding hydrogens is 759 g/mol. The molecule has 314 valence electrons. The van der Waals surface area contributed by atoms with Crippen LogP contribution in [0.3, 0.4) is 0 Å². The highest BCUT2D eigenvalue weighted by Crippen LogP contribution is 2.33. The van der Waals surface area contributed by atoms with Gasteiger partial charge in [-0.15, -0.1) is 0 Å². The fourth-order valence-electron chi connectivity index (χ4n) is 7.30. The Kier molecular flexibility index (Phi) is 15.6. The number of rotatable bonds is 14. The average molecular weight is 812 g/mol. The van der Waals surface area contributed by atoms with Gasteiger partial charge in [-0.1, -0.05) is 92.7 Å². The third-order valence-electron chi connectivity index (χ3n) is 10.3. The van der Waals surface area contributed by atoms with Crippen LogP contribution in [0.25, 0.3) is 10.9 Å². The Morgan fingerprint density at radius 3 is 1.83 bits per heavy atom. The van der Waals surface area contributed by atoms with Crippen molar-refractivity contribution in [2.45, 2.75) is 89.8 Å². The molecule has 3 aromatic carbocycles. The number of fused-ring (bicyclic) bond motifs is 5. The molecule has 16 nitrogen and oxygen atoms in total. The summed E-state index contributed by atoms with van der Waals surface area (Å²) in [6, 6.07) is 26.9. The maximum absolute atomic E-state index is 12.9. The quantitative estimate of drug-likeness (QED) is 0.0694. The number of nitrogens with one attached hydrogen (secondary N) is 1. The standard InChI is InChI=1S/C23H21N3O4.C17H23N3O4.C3H9NO/c27-22(30-20-10-4-8-17-9-5-13-24-21(17)20)19-12-11-18-14-25(19)23(28)26(18)29-15-16-6-2-1-3-7-16;1-2-10-23-18-16(21)15-9-8-14-11-19(15)17(22)20(14)24-12-13-6-4-3-5-7-13;1-2-3-5-4/h1-10,13,18-19H,11-12,14-15H2;3-7,14-15H,2,8-12H2,1H3,(H,18,21);2-4H2,1H3/t18-,19+;14-,15+;/m11./s1. The van der Waals surface area contributed by atoms with Gasteiger partial charge in [0.1, 0.15) is 30.8 Å². The Balaban J connectivity index is 0.000000182. The number of hydroxylamine groups is 5. The van der Waals surface area contributed by atoms with Crippen molar-refractivity contribution in [2.24, 2.45) is 5.90 Å². The monoisotopic (exact) mass is 811 g/mol. The van der Waals surface area contributed by atoms with Gasteiger partial charge in [-0.3, -0.25) is 24.3 Å². The molecule has 0 aliphatic carbocycles. The summed E-state index contributed by atoms with van der Waals surface area (Å²) in [6.45, 7) is 6.72. The molecule has 0 saturated carbocycles. The van der Waals surface area contributed by atoms with Crippen LogP contribution in [0, 0.1) is 0 Å². The van der Waals surface area contributed by atoms with Crippen molar-refractivity contribution in [3.8, 4) is 5.75 Å². The Morgan fingerprint density at radius 1 is 0.712 bits per heavy atom. The fourth-order valence-corrected chi connectivity index (χ4v) is 7.30. The summed E-state index contributed by atoms with van der Waals surface area (Å²) >= 11 is 0. The van der Waals surface area contributed by atoms with Gasteiger partial charge in [0.25, 0.3) is 5.91 Å². The molecule has 4 bridgehead atoms. The van der Waals surface area contributed by atoms with Gasteiger partial charge < -0.3 is 19.4 Å². The molecule has 5 amide bonds. The van der Waals surface area contributed by atoms with Gasteiger partial charge in [0.05, 0.1) is 25.3 Å². The van der Waals surface area contributed by atoms with Crippen LogP contribution in [0.1, 0.15) is 63.5 Å². The van der Waals surface area contributed by atoms with E-state index in [1.54, 1.807) is 22.1 Å². The van der Waals surface area contributed by atoms with Crippen molar-refractivity contribution in [3.05, 3.63) is 108 Å². The van der Waals surface area contributed by atoms with Crippen LogP contribution in [0.5, 0.6) is 5.75 Å². The predicted octanol–water partition coefficient (Wildman–Crippen LogP) is 5.67. The molecule has 59 heavy (non-hydrogen) atoms. The molecule has 3 N–H and O–H groups in total. The molecule has 4 aliphatic heterocycles. The molecule has 5 heterocycles. The number of amides is 5. The smallest absolute Gasteiger partial charge is 0.345 e. The third-order valence-corrected chi connectivity index (χ3v) is 10.3. The summed E-state index contributed by atoms with van der Waals surface area (Å²) in [5.41, 5.74) is 5.06. The Labute approximate surface area is 343 Å². The molecule has 1 aromatic heterocycles. The van der Waals surface area contributed by atoms with Crippen molar-refractivity contribution in [1.82, 2.24) is 30.4 Å². The maximum Gasteiger partial charge on any atom is 0.345 e. The van der Waals surface area contributed by atoms with E-state index in [0.717, 1.165) is 35.8 Å². The summed E-state index contributed by atoms with van der Waals surface area (Å²) < 4.78 is 5.68. The zero-order chi connectivity index (χ0) is 41.6. The van der Waals surface area contributed by atoms with Crippen molar-refractivity contribution in [1.29, 1.82) is 0 Å². The van der Waals surface area contributed by atoms with Crippen LogP contribution in [0.4, 0.5) is 9.59 Å². The predicted molar refractivity (Wildman–Crippen MR) is 216 cm³/mol. The molecule has 4 saturated heterocycles. The highest BCUT2D eigenvalue weighted by atomic mass is 16.7. The van der Waals surface area contributed by atoms with Gasteiger partial charge in [-0.25, -0.2) is 25.8 Å². The molecule has 16 heteroatoms. The zero-order valence-corrected chi connectivity index (χ0v) is 33.5. The number of carbonyl (C=O) groups excluding carboxylic acids is 4. The molecule has 8 rings (SSSR count). The van der Waals surface area contributed by atoms with Crippen LogP contribution in [0.15, 0.2) is 97.2 Å². The lowest BCUT2D eigenvalue weighted by atomic mass is 10.0. The third kappa shape index (κ3) is 10.9. The van der Waals surface area contributed by atoms with E-state index in [9.17, 15) is 19.2 Å². The van der Waals surface area contributed by atoms with E-state index in [-0.39, 0.29) is 30.1 Å². The summed E-state index contributed by atoms with van der Waals surface area (Å²) in [5.74, 6) is 4.34. The van der Waals surface area contributed by atoms with E-state index in [2.05, 4.69) is 21.2 Å². The van der Waals surface area contributed by atoms with Crippen LogP contribution in [-0.2, 0) is 42.2 Å². The number of para-hydroxylation sites is 1. The Hall–Kier alpha value is -5.65. The zero-order valence-electron chi connectivity index (χ0n) is 33.5. The minimum Gasteiger partial charge on any atom is -0.423 e. The van der Waals surface area contributed by atoms with Gasteiger partial charge in [-0.2, -0.15) is 10.1 Å². The minimum absolute atomic E-state index is 0.00169. The Morgan fingerprint density at radius 2 is 1.27 bits per heavy atom. The van der Waals surface area contributed by atoms with Crippen molar-refractivity contribution >= 4 is 34.8 Å². The van der Waals surface area contributed by atoms with Crippen LogP contribution in [-0.4, -0.2) is 99.3 Å². The van der Waals surface area contributed by atoms with Gasteiger partial charge in [-0.05, 0) is 61.8 Å². The highest BCUT2D eigenvalue weighted by molar-refractivity contribution is 5.90. The SMILES string of the molecule is CCCON.CCCONC(=O)[C@@H]1CC[C@@H]2CN1C(=O)N2OCc1ccccc1.O=C(Oc1cccc2cccnc12)[C@@H]1CC[C@@H]2CN1C(=O)N2OCc1ccccc1. The number of nitrogens with two attached hydrogens (primary N) is 1. The summed E-state index contributed by atoms with van der Waals surface area (Å²) in [4.78, 5) is 78.8. The minimum atomic E-state index is -0.627. The summed E-state index contributed by atoms with van der Waals surface area (Å²) in [6.07, 6.45) is 6.05. The van der Waals surface area contributed by atoms with Gasteiger partial charge in [0, 0.05) is 24.7 Å². The number of nitrogens with zero attached hydrogens (tertiary/aromatic N) is 5. The molecule has 4 aromatic rings. The molecule has 0 spiro atoms. The first kappa shape index (κ1) is 42.9. The first-order valence-corrected chi connectivity index (χ1v) is 20.1. The second-order valence-corrected chi connectivity index (χ2v) is 14.5. The van der Waals surface area contributed by atoms with E-state index >= 15 is 0 Å². The molecule has 4 fully saturated rings. The topological polar surface area (TPSA) is 178 Å². The first-order chi connectivity index (χ1) is 28.8. The van der Waals surface area contributed by atoms with E-state index in [1.807, 2.05) is 98.8 Å². The second-order valence-electron chi connectivity index (χ2n) is 14.5. The lowest BCUT2D eigenvalue weighted by molar-refractivity contribution is -0.141. The first-order valence-electron chi connectivity index (χ1n) is 20.1. The molecular formula is C43H53N7O9. The number of hydrogen-bond acceptors (Lipinski definition) is 11. The Bertz CT molecular complexity index is 1980. The largest absolute Gasteiger partial charge is 0.423 e. The van der Waals surface area contributed by atoms with Gasteiger partial charge in [0.2, 0.25) is 0 Å². The number of carbonyl (C=O) groups is 4. The number of hydrogen-bond donors (Lipinski definition) is 2. The lowest BCUT2D eigenvalue weighted by Crippen LogP contribution is -2.49. The second kappa shape index (κ2) is 21.4. The highest BCUT2D eigenvalue weighted by Gasteiger charge is 2.49. The fraction of sp³-hybridized carbons (Fsp3) is 0.419. The van der Waals surface area contributed by atoms with Crippen LogP contribution >= 0.6 is 0 Å². The molecule has 4 atom stereocenters. The van der Waals surface area contributed by atoms with E-state index in [1.165, 1.54) is 10.1 Å². The summed E-state index contributed by atoms with van der Waals surface area (Å²) in [5, 5.41) is 3.73. The normalized spacial score (nSPS) is 20.5. The number of urea groups is 2. The lowest BCUT2D eigenvalue weighted by Gasteiger charge is -2.28. The van der Waals surface area contributed by atoms with E-state index in [4.69, 9.17) is 19.2 Å². The van der Waals surface area contributed by atoms with Crippen molar-refractivity contribution in [2.75, 3.05) is 26.3 Å². The average Bonchev–Trinajstić information content (AvgIpc) is 3.65. The molecule has 0 radical (unpaired) electrons. The number of aromatic nitrogens is 1. The number of pyridine rings is 1.